The van der Waals surface area contributed by atoms with E-state index in [9.17, 15) is 13.6 Å². The van der Waals surface area contributed by atoms with Gasteiger partial charge in [-0.1, -0.05) is 29.3 Å². The third-order valence-electron chi connectivity index (χ3n) is 4.61. The molecule has 0 unspecified atom stereocenters. The van der Waals surface area contributed by atoms with Gasteiger partial charge in [0.05, 0.1) is 5.56 Å². The average molecular weight is 344 g/mol. The molecule has 0 aliphatic heterocycles. The highest BCUT2D eigenvalue weighted by atomic mass is 19.3. The van der Waals surface area contributed by atoms with Crippen molar-refractivity contribution >= 4 is 5.91 Å². The molecule has 0 bridgehead atoms. The minimum absolute atomic E-state index is 0.168. The second kappa shape index (κ2) is 6.90. The first kappa shape index (κ1) is 17.5. The van der Waals surface area contributed by atoms with Crippen LogP contribution < -0.4 is 5.32 Å². The normalized spacial score (nSPS) is 17.3. The predicted octanol–water partition coefficient (Wildman–Crippen LogP) is 4.67. The molecule has 5 heteroatoms. The SMILES string of the molecule is Cc1cc(C)cc(-c2cncc(C(=O)NC3CCC(F)(F)CC3)c2)c1. The maximum atomic E-state index is 13.2. The molecule has 1 aliphatic carbocycles. The summed E-state index contributed by atoms with van der Waals surface area (Å²) in [5.74, 6) is -2.85. The third-order valence-corrected chi connectivity index (χ3v) is 4.61. The van der Waals surface area contributed by atoms with Gasteiger partial charge in [0.2, 0.25) is 5.92 Å². The molecular weight excluding hydrogens is 322 g/mol. The number of nitrogens with zero attached hydrogens (tertiary/aromatic N) is 1. The van der Waals surface area contributed by atoms with E-state index in [4.69, 9.17) is 0 Å². The Kier molecular flexibility index (Phi) is 4.84. The van der Waals surface area contributed by atoms with Crippen LogP contribution in [0.2, 0.25) is 0 Å². The fourth-order valence-electron chi connectivity index (χ4n) is 3.32. The van der Waals surface area contributed by atoms with E-state index in [0.29, 0.717) is 18.4 Å². The number of hydrogen-bond acceptors (Lipinski definition) is 2. The van der Waals surface area contributed by atoms with Crippen LogP contribution in [0.25, 0.3) is 11.1 Å². The van der Waals surface area contributed by atoms with E-state index in [-0.39, 0.29) is 24.8 Å². The van der Waals surface area contributed by atoms with Crippen LogP contribution in [0.5, 0.6) is 0 Å². The molecule has 2 aromatic rings. The highest BCUT2D eigenvalue weighted by molar-refractivity contribution is 5.95. The number of alkyl halides is 2. The van der Waals surface area contributed by atoms with E-state index in [1.165, 1.54) is 6.20 Å². The summed E-state index contributed by atoms with van der Waals surface area (Å²) in [4.78, 5) is 16.6. The van der Waals surface area contributed by atoms with Crippen LogP contribution in [0, 0.1) is 13.8 Å². The second-order valence-corrected chi connectivity index (χ2v) is 6.94. The summed E-state index contributed by atoms with van der Waals surface area (Å²) in [7, 11) is 0. The minimum atomic E-state index is -2.59. The van der Waals surface area contributed by atoms with Crippen LogP contribution in [-0.2, 0) is 0 Å². The maximum absolute atomic E-state index is 13.2. The topological polar surface area (TPSA) is 42.0 Å². The van der Waals surface area contributed by atoms with Gasteiger partial charge in [0.15, 0.2) is 0 Å². The highest BCUT2D eigenvalue weighted by Crippen LogP contribution is 2.33. The standard InChI is InChI=1S/C20H22F2N2O/c1-13-7-14(2)9-15(8-13)16-10-17(12-23-11-16)19(25)24-18-3-5-20(21,22)6-4-18/h7-12,18H,3-6H2,1-2H3,(H,24,25). The molecule has 0 radical (unpaired) electrons. The summed E-state index contributed by atoms with van der Waals surface area (Å²) >= 11 is 0. The van der Waals surface area contributed by atoms with Crippen LogP contribution in [-0.4, -0.2) is 22.9 Å². The summed E-state index contributed by atoms with van der Waals surface area (Å²) < 4.78 is 26.4. The van der Waals surface area contributed by atoms with Crippen LogP contribution in [0.15, 0.2) is 36.7 Å². The fraction of sp³-hybridized carbons (Fsp3) is 0.400. The van der Waals surface area contributed by atoms with Gasteiger partial charge in [0.25, 0.3) is 5.91 Å². The van der Waals surface area contributed by atoms with E-state index < -0.39 is 5.92 Å². The average Bonchev–Trinajstić information content (AvgIpc) is 2.56. The molecule has 1 saturated carbocycles. The zero-order valence-corrected chi connectivity index (χ0v) is 14.5. The van der Waals surface area contributed by atoms with E-state index in [0.717, 1.165) is 22.3 Å². The van der Waals surface area contributed by atoms with Gasteiger partial charge in [-0.05, 0) is 38.3 Å². The largest absolute Gasteiger partial charge is 0.349 e. The van der Waals surface area contributed by atoms with Gasteiger partial charge in [-0.15, -0.1) is 0 Å². The fourth-order valence-corrected chi connectivity index (χ4v) is 3.32. The number of halogens is 2. The van der Waals surface area contributed by atoms with Crippen LogP contribution >= 0.6 is 0 Å². The molecule has 0 saturated heterocycles. The number of aromatic nitrogens is 1. The zero-order valence-electron chi connectivity index (χ0n) is 14.5. The Morgan fingerprint density at radius 3 is 2.32 bits per heavy atom. The zero-order chi connectivity index (χ0) is 18.0. The van der Waals surface area contributed by atoms with E-state index >= 15 is 0 Å². The Labute approximate surface area is 146 Å². The van der Waals surface area contributed by atoms with Gasteiger partial charge in [0, 0.05) is 36.8 Å². The predicted molar refractivity (Wildman–Crippen MR) is 93.8 cm³/mol. The molecule has 25 heavy (non-hydrogen) atoms. The van der Waals surface area contributed by atoms with Gasteiger partial charge in [-0.3, -0.25) is 9.78 Å². The van der Waals surface area contributed by atoms with Crippen molar-refractivity contribution in [3.05, 3.63) is 53.3 Å². The summed E-state index contributed by atoms with van der Waals surface area (Å²) in [6.07, 6.45) is 3.52. The number of amides is 1. The molecule has 3 nitrogen and oxygen atoms in total. The number of aryl methyl sites for hydroxylation is 2. The number of carbonyl (C=O) groups excluding carboxylic acids is 1. The van der Waals surface area contributed by atoms with Gasteiger partial charge in [-0.2, -0.15) is 0 Å². The molecule has 1 fully saturated rings. The van der Waals surface area contributed by atoms with Crippen molar-refractivity contribution < 1.29 is 13.6 Å². The third kappa shape index (κ3) is 4.41. The first-order valence-corrected chi connectivity index (χ1v) is 8.55. The van der Waals surface area contributed by atoms with Crippen LogP contribution in [0.3, 0.4) is 0 Å². The Balaban J connectivity index is 1.74. The van der Waals surface area contributed by atoms with Crippen LogP contribution in [0.1, 0.15) is 47.2 Å². The van der Waals surface area contributed by atoms with Crippen molar-refractivity contribution in [1.82, 2.24) is 10.3 Å². The lowest BCUT2D eigenvalue weighted by Gasteiger charge is -2.28. The maximum Gasteiger partial charge on any atom is 0.253 e. The van der Waals surface area contributed by atoms with E-state index in [1.807, 2.05) is 13.8 Å². The van der Waals surface area contributed by atoms with Crippen molar-refractivity contribution in [3.8, 4) is 11.1 Å². The summed E-state index contributed by atoms with van der Waals surface area (Å²) in [5.41, 5.74) is 4.63. The van der Waals surface area contributed by atoms with Gasteiger partial charge < -0.3 is 5.32 Å². The lowest BCUT2D eigenvalue weighted by atomic mass is 9.92. The Morgan fingerprint density at radius 1 is 1.04 bits per heavy atom. The first-order chi connectivity index (χ1) is 11.8. The summed E-state index contributed by atoms with van der Waals surface area (Å²) in [5, 5.41) is 2.86. The van der Waals surface area contributed by atoms with Gasteiger partial charge in [-0.25, -0.2) is 8.78 Å². The summed E-state index contributed by atoms with van der Waals surface area (Å²) in [6.45, 7) is 4.05. The molecule has 0 atom stereocenters. The van der Waals surface area contributed by atoms with Crippen LogP contribution in [0.4, 0.5) is 8.78 Å². The number of nitrogens with one attached hydrogen (secondary N) is 1. The Bertz CT molecular complexity index is 759. The highest BCUT2D eigenvalue weighted by Gasteiger charge is 2.35. The lowest BCUT2D eigenvalue weighted by Crippen LogP contribution is -2.40. The molecule has 1 aliphatic rings. The smallest absolute Gasteiger partial charge is 0.253 e. The molecule has 1 amide bonds. The Hall–Kier alpha value is -2.30. The molecule has 1 aromatic heterocycles. The molecule has 1 aromatic carbocycles. The number of pyridine rings is 1. The molecule has 1 heterocycles. The minimum Gasteiger partial charge on any atom is -0.349 e. The second-order valence-electron chi connectivity index (χ2n) is 6.94. The molecular formula is C20H22F2N2O. The van der Waals surface area contributed by atoms with Crippen molar-refractivity contribution in [1.29, 1.82) is 0 Å². The Morgan fingerprint density at radius 2 is 1.68 bits per heavy atom. The van der Waals surface area contributed by atoms with Gasteiger partial charge in [0.1, 0.15) is 0 Å². The molecule has 1 N–H and O–H groups in total. The van der Waals surface area contributed by atoms with Crippen molar-refractivity contribution in [2.45, 2.75) is 51.5 Å². The molecule has 3 rings (SSSR count). The van der Waals surface area contributed by atoms with Crippen molar-refractivity contribution in [2.24, 2.45) is 0 Å². The number of hydrogen-bond donors (Lipinski definition) is 1. The van der Waals surface area contributed by atoms with Crippen molar-refractivity contribution in [3.63, 3.8) is 0 Å². The van der Waals surface area contributed by atoms with Crippen molar-refractivity contribution in [2.75, 3.05) is 0 Å². The summed E-state index contributed by atoms with van der Waals surface area (Å²) in [6, 6.07) is 7.79. The van der Waals surface area contributed by atoms with E-state index in [2.05, 4.69) is 28.5 Å². The van der Waals surface area contributed by atoms with E-state index in [1.54, 1.807) is 12.3 Å². The first-order valence-electron chi connectivity index (χ1n) is 8.55. The number of benzene rings is 1. The quantitative estimate of drug-likeness (QED) is 0.879. The molecule has 132 valence electrons. The lowest BCUT2D eigenvalue weighted by molar-refractivity contribution is -0.0399. The number of carbonyl (C=O) groups is 1. The molecule has 0 spiro atoms. The monoisotopic (exact) mass is 344 g/mol. The number of rotatable bonds is 3. The van der Waals surface area contributed by atoms with Gasteiger partial charge >= 0.3 is 0 Å².